The van der Waals surface area contributed by atoms with Gasteiger partial charge in [-0.3, -0.25) is 0 Å². The maximum atomic E-state index is 12.1. The van der Waals surface area contributed by atoms with Crippen LogP contribution in [0.25, 0.3) is 0 Å². The molecule has 1 aromatic rings. The predicted octanol–water partition coefficient (Wildman–Crippen LogP) is 2.64. The molecule has 1 rings (SSSR count). The maximum absolute atomic E-state index is 12.1. The number of amides is 2. The van der Waals surface area contributed by atoms with Gasteiger partial charge in [-0.2, -0.15) is 0 Å². The maximum Gasteiger partial charge on any atom is 0.326 e. The fourth-order valence-electron chi connectivity index (χ4n) is 2.11. The van der Waals surface area contributed by atoms with Crippen molar-refractivity contribution in [3.63, 3.8) is 0 Å². The summed E-state index contributed by atoms with van der Waals surface area (Å²) in [5.41, 5.74) is 2.15. The molecular weight excluding hydrogens is 268 g/mol. The molecule has 21 heavy (non-hydrogen) atoms. The van der Waals surface area contributed by atoms with Crippen LogP contribution in [0.3, 0.4) is 0 Å². The Balaban J connectivity index is 2.62. The lowest BCUT2D eigenvalue weighted by Crippen LogP contribution is -2.46. The van der Waals surface area contributed by atoms with E-state index in [0.717, 1.165) is 11.1 Å². The highest BCUT2D eigenvalue weighted by Gasteiger charge is 2.22. The Kier molecular flexibility index (Phi) is 6.21. The number of rotatable bonds is 6. The molecule has 0 aliphatic rings. The molecule has 0 aliphatic heterocycles. The van der Waals surface area contributed by atoms with Gasteiger partial charge in [-0.25, -0.2) is 9.59 Å². The van der Waals surface area contributed by atoms with Crippen LogP contribution in [0.15, 0.2) is 24.3 Å². The van der Waals surface area contributed by atoms with Gasteiger partial charge in [-0.05, 0) is 24.8 Å². The van der Waals surface area contributed by atoms with Crippen molar-refractivity contribution in [3.8, 4) is 0 Å². The van der Waals surface area contributed by atoms with Gasteiger partial charge in [-0.1, -0.05) is 43.7 Å². The quantitative estimate of drug-likeness (QED) is 0.847. The van der Waals surface area contributed by atoms with Crippen molar-refractivity contribution < 1.29 is 14.7 Å². The van der Waals surface area contributed by atoms with Crippen LogP contribution in [0.5, 0.6) is 0 Å². The van der Waals surface area contributed by atoms with Crippen LogP contribution in [-0.4, -0.2) is 35.1 Å². The average Bonchev–Trinajstić information content (AvgIpc) is 2.37. The molecule has 1 atom stereocenters. The number of carbonyl (C=O) groups excluding carboxylic acids is 1. The third-order valence-corrected chi connectivity index (χ3v) is 3.15. The first kappa shape index (κ1) is 17.0. The van der Waals surface area contributed by atoms with Crippen molar-refractivity contribution in [3.05, 3.63) is 35.4 Å². The van der Waals surface area contributed by atoms with Crippen LogP contribution >= 0.6 is 0 Å². The molecule has 0 aliphatic carbocycles. The number of aryl methyl sites for hydroxylation is 1. The van der Waals surface area contributed by atoms with Crippen molar-refractivity contribution in [1.82, 2.24) is 10.2 Å². The number of hydrogen-bond acceptors (Lipinski definition) is 2. The minimum atomic E-state index is -0.999. The van der Waals surface area contributed by atoms with Gasteiger partial charge in [0.25, 0.3) is 0 Å². The standard InChI is InChI=1S/C16H24N2O3/c1-11(2)8-14(15(19)20)17-16(21)18(4)10-13-7-5-6-12(3)9-13/h5-7,9,11,14H,8,10H2,1-4H3,(H,17,21)(H,19,20)/t14-/m0/s1. The lowest BCUT2D eigenvalue weighted by atomic mass is 10.0. The van der Waals surface area contributed by atoms with Crippen molar-refractivity contribution in [2.24, 2.45) is 5.92 Å². The second-order valence-electron chi connectivity index (χ2n) is 5.81. The summed E-state index contributed by atoms with van der Waals surface area (Å²) in [6.07, 6.45) is 0.416. The van der Waals surface area contributed by atoms with Crippen LogP contribution in [0.2, 0.25) is 0 Å². The Bertz CT molecular complexity index is 500. The first-order valence-corrected chi connectivity index (χ1v) is 7.09. The molecular formula is C16H24N2O3. The van der Waals surface area contributed by atoms with E-state index in [1.807, 2.05) is 45.0 Å². The first-order valence-electron chi connectivity index (χ1n) is 7.09. The second-order valence-corrected chi connectivity index (χ2v) is 5.81. The van der Waals surface area contributed by atoms with Gasteiger partial charge in [0.2, 0.25) is 0 Å². The monoisotopic (exact) mass is 292 g/mol. The van der Waals surface area contributed by atoms with Gasteiger partial charge in [0.05, 0.1) is 0 Å². The number of hydrogen-bond donors (Lipinski definition) is 2. The van der Waals surface area contributed by atoms with E-state index in [1.54, 1.807) is 7.05 Å². The fraction of sp³-hybridized carbons (Fsp3) is 0.500. The van der Waals surface area contributed by atoms with Crippen molar-refractivity contribution in [1.29, 1.82) is 0 Å². The summed E-state index contributed by atoms with van der Waals surface area (Å²) in [4.78, 5) is 24.7. The van der Waals surface area contributed by atoms with Crippen molar-refractivity contribution >= 4 is 12.0 Å². The third kappa shape index (κ3) is 5.85. The summed E-state index contributed by atoms with van der Waals surface area (Å²) < 4.78 is 0. The Morgan fingerprint density at radius 3 is 2.52 bits per heavy atom. The summed E-state index contributed by atoms with van der Waals surface area (Å²) in [6.45, 7) is 6.30. The van der Waals surface area contributed by atoms with E-state index in [-0.39, 0.29) is 11.9 Å². The minimum Gasteiger partial charge on any atom is -0.480 e. The number of carboxylic acid groups (broad SMARTS) is 1. The molecule has 0 unspecified atom stereocenters. The number of aliphatic carboxylic acids is 1. The van der Waals surface area contributed by atoms with E-state index in [9.17, 15) is 9.59 Å². The molecule has 2 amide bonds. The van der Waals surface area contributed by atoms with Gasteiger partial charge in [0, 0.05) is 13.6 Å². The van der Waals surface area contributed by atoms with Gasteiger partial charge >= 0.3 is 12.0 Å². The zero-order valence-corrected chi connectivity index (χ0v) is 13.1. The highest BCUT2D eigenvalue weighted by atomic mass is 16.4. The number of nitrogens with one attached hydrogen (secondary N) is 1. The van der Waals surface area contributed by atoms with Gasteiger partial charge < -0.3 is 15.3 Å². The van der Waals surface area contributed by atoms with Crippen LogP contribution < -0.4 is 5.32 Å². The van der Waals surface area contributed by atoms with E-state index in [2.05, 4.69) is 5.32 Å². The summed E-state index contributed by atoms with van der Waals surface area (Å²) >= 11 is 0. The van der Waals surface area contributed by atoms with Crippen LogP contribution in [-0.2, 0) is 11.3 Å². The zero-order chi connectivity index (χ0) is 16.0. The predicted molar refractivity (Wildman–Crippen MR) is 82.1 cm³/mol. The Morgan fingerprint density at radius 2 is 2.00 bits per heavy atom. The average molecular weight is 292 g/mol. The summed E-state index contributed by atoms with van der Waals surface area (Å²) in [6, 6.07) is 6.66. The number of carbonyl (C=O) groups is 2. The third-order valence-electron chi connectivity index (χ3n) is 3.15. The highest BCUT2D eigenvalue weighted by molar-refractivity contribution is 5.82. The van der Waals surface area contributed by atoms with Gasteiger partial charge in [-0.15, -0.1) is 0 Å². The van der Waals surface area contributed by atoms with E-state index in [1.165, 1.54) is 4.90 Å². The number of benzene rings is 1. The molecule has 0 fully saturated rings. The molecule has 0 spiro atoms. The van der Waals surface area contributed by atoms with Gasteiger partial charge in [0.1, 0.15) is 6.04 Å². The smallest absolute Gasteiger partial charge is 0.326 e. The molecule has 0 radical (unpaired) electrons. The molecule has 5 heteroatoms. The molecule has 116 valence electrons. The molecule has 0 aromatic heterocycles. The summed E-state index contributed by atoms with van der Waals surface area (Å²) in [5, 5.41) is 11.7. The van der Waals surface area contributed by atoms with E-state index >= 15 is 0 Å². The topological polar surface area (TPSA) is 69.6 Å². The Labute approximate surface area is 126 Å². The fourth-order valence-corrected chi connectivity index (χ4v) is 2.11. The molecule has 0 bridgehead atoms. The molecule has 1 aromatic carbocycles. The van der Waals surface area contributed by atoms with Crippen LogP contribution in [0.1, 0.15) is 31.4 Å². The minimum absolute atomic E-state index is 0.202. The van der Waals surface area contributed by atoms with E-state index < -0.39 is 12.0 Å². The normalized spacial score (nSPS) is 12.0. The number of carboxylic acids is 1. The lowest BCUT2D eigenvalue weighted by Gasteiger charge is -2.22. The molecule has 5 nitrogen and oxygen atoms in total. The van der Waals surface area contributed by atoms with E-state index in [4.69, 9.17) is 5.11 Å². The van der Waals surface area contributed by atoms with Crippen molar-refractivity contribution in [2.75, 3.05) is 7.05 Å². The molecule has 0 saturated carbocycles. The highest BCUT2D eigenvalue weighted by Crippen LogP contribution is 2.08. The number of nitrogens with zero attached hydrogens (tertiary/aromatic N) is 1. The molecule has 2 N–H and O–H groups in total. The van der Waals surface area contributed by atoms with Crippen LogP contribution in [0, 0.1) is 12.8 Å². The van der Waals surface area contributed by atoms with E-state index in [0.29, 0.717) is 13.0 Å². The zero-order valence-electron chi connectivity index (χ0n) is 13.1. The van der Waals surface area contributed by atoms with Crippen LogP contribution in [0.4, 0.5) is 4.79 Å². The largest absolute Gasteiger partial charge is 0.480 e. The second kappa shape index (κ2) is 7.67. The first-order chi connectivity index (χ1) is 9.79. The van der Waals surface area contributed by atoms with Gasteiger partial charge in [0.15, 0.2) is 0 Å². The Hall–Kier alpha value is -2.04. The van der Waals surface area contributed by atoms with Crippen molar-refractivity contribution in [2.45, 2.75) is 39.8 Å². The lowest BCUT2D eigenvalue weighted by molar-refractivity contribution is -0.139. The summed E-state index contributed by atoms with van der Waals surface area (Å²) in [7, 11) is 1.66. The molecule has 0 saturated heterocycles. The summed E-state index contributed by atoms with van der Waals surface area (Å²) in [5.74, 6) is -0.797. The Morgan fingerprint density at radius 1 is 1.33 bits per heavy atom. The molecule has 0 heterocycles. The number of urea groups is 1. The SMILES string of the molecule is Cc1cccc(CN(C)C(=O)N[C@@H](CC(C)C)C(=O)O)c1.